The SMILES string of the molecule is CCC1(C)NC(CC(C)C)N(C2CC(C)C2)C1=O. The van der Waals surface area contributed by atoms with Crippen LogP contribution in [0.4, 0.5) is 0 Å². The van der Waals surface area contributed by atoms with E-state index in [4.69, 9.17) is 0 Å². The Morgan fingerprint density at radius 3 is 2.50 bits per heavy atom. The van der Waals surface area contributed by atoms with Gasteiger partial charge in [0.2, 0.25) is 5.91 Å². The number of nitrogens with zero attached hydrogens (tertiary/aromatic N) is 1. The summed E-state index contributed by atoms with van der Waals surface area (Å²) in [4.78, 5) is 14.8. The van der Waals surface area contributed by atoms with Gasteiger partial charge in [0.25, 0.3) is 0 Å². The van der Waals surface area contributed by atoms with Gasteiger partial charge >= 0.3 is 0 Å². The summed E-state index contributed by atoms with van der Waals surface area (Å²) in [6, 6.07) is 0.483. The lowest BCUT2D eigenvalue weighted by Crippen LogP contribution is -2.50. The molecule has 2 fully saturated rings. The molecule has 1 aliphatic heterocycles. The van der Waals surface area contributed by atoms with Gasteiger partial charge in [-0.2, -0.15) is 0 Å². The summed E-state index contributed by atoms with van der Waals surface area (Å²) in [6.07, 6.45) is 4.55. The van der Waals surface area contributed by atoms with Gasteiger partial charge in [0, 0.05) is 6.04 Å². The topological polar surface area (TPSA) is 32.3 Å². The number of nitrogens with one attached hydrogen (secondary N) is 1. The standard InChI is InChI=1S/C15H28N2O/c1-6-15(5)14(18)17(12-8-11(4)9-12)13(16-15)7-10(2)3/h10-13,16H,6-9H2,1-5H3. The summed E-state index contributed by atoms with van der Waals surface area (Å²) in [5.74, 6) is 1.73. The zero-order valence-corrected chi connectivity index (χ0v) is 12.5. The smallest absolute Gasteiger partial charge is 0.244 e. The van der Waals surface area contributed by atoms with Crippen LogP contribution in [0.25, 0.3) is 0 Å². The van der Waals surface area contributed by atoms with Gasteiger partial charge in [-0.1, -0.05) is 27.7 Å². The van der Waals surface area contributed by atoms with Gasteiger partial charge in [-0.15, -0.1) is 0 Å². The molecule has 0 aromatic rings. The molecule has 0 aromatic carbocycles. The molecule has 0 bridgehead atoms. The van der Waals surface area contributed by atoms with Crippen molar-refractivity contribution < 1.29 is 4.79 Å². The molecule has 3 nitrogen and oxygen atoms in total. The minimum atomic E-state index is -0.335. The molecular formula is C15H28N2O. The molecule has 1 saturated heterocycles. The molecule has 2 aliphatic rings. The fourth-order valence-corrected chi connectivity index (χ4v) is 3.31. The Hall–Kier alpha value is -0.570. The van der Waals surface area contributed by atoms with Gasteiger partial charge in [-0.05, 0) is 44.4 Å². The van der Waals surface area contributed by atoms with Gasteiger partial charge in [-0.3, -0.25) is 10.1 Å². The molecular weight excluding hydrogens is 224 g/mol. The summed E-state index contributed by atoms with van der Waals surface area (Å²) in [5, 5.41) is 3.59. The van der Waals surface area contributed by atoms with Crippen LogP contribution in [0.3, 0.4) is 0 Å². The van der Waals surface area contributed by atoms with Crippen molar-refractivity contribution in [3.63, 3.8) is 0 Å². The van der Waals surface area contributed by atoms with E-state index < -0.39 is 0 Å². The van der Waals surface area contributed by atoms with Gasteiger partial charge < -0.3 is 4.90 Å². The lowest BCUT2D eigenvalue weighted by atomic mass is 9.80. The first-order valence-electron chi connectivity index (χ1n) is 7.48. The van der Waals surface area contributed by atoms with Crippen molar-refractivity contribution in [1.29, 1.82) is 0 Å². The lowest BCUT2D eigenvalue weighted by molar-refractivity contribution is -0.137. The number of hydrogen-bond acceptors (Lipinski definition) is 2. The van der Waals surface area contributed by atoms with E-state index in [-0.39, 0.29) is 11.7 Å². The summed E-state index contributed by atoms with van der Waals surface area (Å²) < 4.78 is 0. The van der Waals surface area contributed by atoms with Crippen LogP contribution in [0.5, 0.6) is 0 Å². The lowest BCUT2D eigenvalue weighted by Gasteiger charge is -2.42. The fraction of sp³-hybridized carbons (Fsp3) is 0.933. The molecule has 0 aromatic heterocycles. The van der Waals surface area contributed by atoms with Gasteiger partial charge in [0.05, 0.1) is 11.7 Å². The fourth-order valence-electron chi connectivity index (χ4n) is 3.31. The normalized spacial score (nSPS) is 40.4. The Labute approximate surface area is 111 Å². The minimum Gasteiger partial charge on any atom is -0.323 e. The van der Waals surface area contributed by atoms with E-state index in [1.165, 1.54) is 12.8 Å². The van der Waals surface area contributed by atoms with Gasteiger partial charge in [-0.25, -0.2) is 0 Å². The van der Waals surface area contributed by atoms with E-state index in [2.05, 4.69) is 44.8 Å². The molecule has 3 heteroatoms. The zero-order valence-electron chi connectivity index (χ0n) is 12.5. The molecule has 2 unspecified atom stereocenters. The summed E-state index contributed by atoms with van der Waals surface area (Å²) in [5.41, 5.74) is -0.335. The minimum absolute atomic E-state index is 0.250. The van der Waals surface area contributed by atoms with Gasteiger partial charge in [0.1, 0.15) is 0 Å². The number of carbonyl (C=O) groups excluding carboxylic acids is 1. The van der Waals surface area contributed by atoms with Crippen molar-refractivity contribution in [1.82, 2.24) is 10.2 Å². The molecule has 1 heterocycles. The predicted molar refractivity (Wildman–Crippen MR) is 74.1 cm³/mol. The number of hydrogen-bond donors (Lipinski definition) is 1. The number of amides is 1. The number of rotatable bonds is 4. The van der Waals surface area contributed by atoms with E-state index in [0.717, 1.165) is 18.8 Å². The Morgan fingerprint density at radius 2 is 2.06 bits per heavy atom. The van der Waals surface area contributed by atoms with E-state index in [1.54, 1.807) is 0 Å². The third kappa shape index (κ3) is 2.29. The highest BCUT2D eigenvalue weighted by atomic mass is 16.2. The van der Waals surface area contributed by atoms with Crippen molar-refractivity contribution >= 4 is 5.91 Å². The first-order valence-corrected chi connectivity index (χ1v) is 7.48. The molecule has 0 spiro atoms. The van der Waals surface area contributed by atoms with E-state index >= 15 is 0 Å². The van der Waals surface area contributed by atoms with Crippen LogP contribution in [0.15, 0.2) is 0 Å². The zero-order chi connectivity index (χ0) is 13.5. The van der Waals surface area contributed by atoms with Crippen LogP contribution in [0, 0.1) is 11.8 Å². The average Bonchev–Trinajstić information content (AvgIpc) is 2.47. The van der Waals surface area contributed by atoms with E-state index in [9.17, 15) is 4.79 Å². The first-order chi connectivity index (χ1) is 8.37. The molecule has 104 valence electrons. The molecule has 18 heavy (non-hydrogen) atoms. The van der Waals surface area contributed by atoms with Crippen LogP contribution < -0.4 is 5.32 Å². The Bertz CT molecular complexity index is 322. The van der Waals surface area contributed by atoms with Crippen LogP contribution in [-0.4, -0.2) is 28.6 Å². The molecule has 2 atom stereocenters. The van der Waals surface area contributed by atoms with E-state index in [0.29, 0.717) is 17.9 Å². The monoisotopic (exact) mass is 252 g/mol. The van der Waals surface area contributed by atoms with Crippen molar-refractivity contribution in [2.24, 2.45) is 11.8 Å². The van der Waals surface area contributed by atoms with Crippen LogP contribution in [0.1, 0.15) is 60.3 Å². The second-order valence-corrected chi connectivity index (χ2v) is 6.92. The molecule has 1 aliphatic carbocycles. The molecule has 1 saturated carbocycles. The quantitative estimate of drug-likeness (QED) is 0.834. The van der Waals surface area contributed by atoms with Crippen LogP contribution in [-0.2, 0) is 4.79 Å². The summed E-state index contributed by atoms with van der Waals surface area (Å²) in [7, 11) is 0. The Morgan fingerprint density at radius 1 is 1.44 bits per heavy atom. The maximum Gasteiger partial charge on any atom is 0.244 e. The predicted octanol–water partition coefficient (Wildman–Crippen LogP) is 2.76. The highest BCUT2D eigenvalue weighted by Crippen LogP contribution is 2.38. The summed E-state index contributed by atoms with van der Waals surface area (Å²) in [6.45, 7) is 10.9. The number of carbonyl (C=O) groups is 1. The largest absolute Gasteiger partial charge is 0.323 e. The maximum absolute atomic E-state index is 12.7. The van der Waals surface area contributed by atoms with Crippen LogP contribution >= 0.6 is 0 Å². The third-order valence-electron chi connectivity index (χ3n) is 4.67. The molecule has 2 rings (SSSR count). The van der Waals surface area contributed by atoms with Crippen molar-refractivity contribution in [3.05, 3.63) is 0 Å². The Kier molecular flexibility index (Phi) is 3.72. The molecule has 1 amide bonds. The van der Waals surface area contributed by atoms with Gasteiger partial charge in [0.15, 0.2) is 0 Å². The molecule has 1 N–H and O–H groups in total. The highest BCUT2D eigenvalue weighted by Gasteiger charge is 2.50. The third-order valence-corrected chi connectivity index (χ3v) is 4.67. The van der Waals surface area contributed by atoms with Crippen LogP contribution in [0.2, 0.25) is 0 Å². The van der Waals surface area contributed by atoms with Crippen molar-refractivity contribution in [2.45, 2.75) is 78.0 Å². The first kappa shape index (κ1) is 13.9. The van der Waals surface area contributed by atoms with Crippen molar-refractivity contribution in [2.75, 3.05) is 0 Å². The second-order valence-electron chi connectivity index (χ2n) is 6.92. The maximum atomic E-state index is 12.7. The highest BCUT2D eigenvalue weighted by molar-refractivity contribution is 5.88. The summed E-state index contributed by atoms with van der Waals surface area (Å²) >= 11 is 0. The van der Waals surface area contributed by atoms with Crippen molar-refractivity contribution in [3.8, 4) is 0 Å². The second kappa shape index (κ2) is 4.84. The average molecular weight is 252 g/mol. The molecule has 0 radical (unpaired) electrons. The Balaban J connectivity index is 2.14. The van der Waals surface area contributed by atoms with E-state index in [1.807, 2.05) is 0 Å².